The molecule has 0 unspecified atom stereocenters. The Morgan fingerprint density at radius 2 is 1.75 bits per heavy atom. The smallest absolute Gasteiger partial charge is 0.308 e. The summed E-state index contributed by atoms with van der Waals surface area (Å²) in [6, 6.07) is 10.3. The monoisotopic (exact) mass is 273 g/mol. The highest BCUT2D eigenvalue weighted by Crippen LogP contribution is 2.15. The molecule has 4 nitrogen and oxygen atoms in total. The van der Waals surface area contributed by atoms with Crippen molar-refractivity contribution in [3.63, 3.8) is 0 Å². The van der Waals surface area contributed by atoms with Crippen molar-refractivity contribution in [2.45, 2.75) is 0 Å². The zero-order valence-electron chi connectivity index (χ0n) is 10.2. The topological polar surface area (TPSA) is 64.9 Å². The van der Waals surface area contributed by atoms with E-state index in [0.29, 0.717) is 17.3 Å². The summed E-state index contributed by atoms with van der Waals surface area (Å²) in [6.45, 7) is 0. The Morgan fingerprint density at radius 1 is 1.05 bits per heavy atom. The Kier molecular flexibility index (Phi) is 3.91. The standard InChI is InChI=1S/C14H9F2N3O/c15-10-3-6-13(12(16)7-10)19-14(20)18-11-4-1-9(8-17)2-5-11/h1-7H,(H2,18,19,20). The third-order valence-electron chi connectivity index (χ3n) is 2.45. The summed E-state index contributed by atoms with van der Waals surface area (Å²) in [5.74, 6) is -1.58. The van der Waals surface area contributed by atoms with Gasteiger partial charge in [0.25, 0.3) is 0 Å². The number of nitrogens with zero attached hydrogens (tertiary/aromatic N) is 1. The third kappa shape index (κ3) is 3.29. The normalized spacial score (nSPS) is 9.65. The lowest BCUT2D eigenvalue weighted by Gasteiger charge is -2.08. The van der Waals surface area contributed by atoms with E-state index in [1.165, 1.54) is 12.1 Å². The molecule has 2 N–H and O–H groups in total. The molecule has 2 aromatic carbocycles. The van der Waals surface area contributed by atoms with Gasteiger partial charge in [0.2, 0.25) is 0 Å². The van der Waals surface area contributed by atoms with Crippen LogP contribution in [0.25, 0.3) is 0 Å². The molecular weight excluding hydrogens is 264 g/mol. The zero-order valence-corrected chi connectivity index (χ0v) is 10.2. The Hall–Kier alpha value is -2.94. The maximum atomic E-state index is 13.3. The number of urea groups is 1. The first-order valence-corrected chi connectivity index (χ1v) is 5.62. The van der Waals surface area contributed by atoms with Crippen LogP contribution in [0, 0.1) is 23.0 Å². The molecule has 0 fully saturated rings. The van der Waals surface area contributed by atoms with Gasteiger partial charge in [-0.25, -0.2) is 13.6 Å². The highest BCUT2D eigenvalue weighted by molar-refractivity contribution is 5.99. The minimum Gasteiger partial charge on any atom is -0.308 e. The molecule has 0 radical (unpaired) electrons. The largest absolute Gasteiger partial charge is 0.323 e. The predicted molar refractivity (Wildman–Crippen MR) is 70.2 cm³/mol. The summed E-state index contributed by atoms with van der Waals surface area (Å²) in [4.78, 5) is 11.6. The molecule has 0 saturated carbocycles. The van der Waals surface area contributed by atoms with Gasteiger partial charge in [0.15, 0.2) is 0 Å². The molecule has 0 heterocycles. The van der Waals surface area contributed by atoms with Gasteiger partial charge in [-0.2, -0.15) is 5.26 Å². The molecule has 0 aliphatic carbocycles. The average Bonchev–Trinajstić information content (AvgIpc) is 2.43. The van der Waals surface area contributed by atoms with E-state index >= 15 is 0 Å². The molecule has 6 heteroatoms. The lowest BCUT2D eigenvalue weighted by atomic mass is 10.2. The van der Waals surface area contributed by atoms with E-state index in [-0.39, 0.29) is 5.69 Å². The molecule has 0 aliphatic rings. The Morgan fingerprint density at radius 3 is 2.35 bits per heavy atom. The first-order chi connectivity index (χ1) is 9.58. The number of amides is 2. The van der Waals surface area contributed by atoms with Crippen molar-refractivity contribution in [2.24, 2.45) is 0 Å². The first-order valence-electron chi connectivity index (χ1n) is 5.62. The van der Waals surface area contributed by atoms with Gasteiger partial charge in [-0.3, -0.25) is 0 Å². The molecule has 2 amide bonds. The minimum absolute atomic E-state index is 0.127. The lowest BCUT2D eigenvalue weighted by molar-refractivity contribution is 0.262. The Bertz CT molecular complexity index is 678. The number of nitrogens with one attached hydrogen (secondary N) is 2. The number of carbonyl (C=O) groups excluding carboxylic acids is 1. The fourth-order valence-corrected chi connectivity index (χ4v) is 1.50. The van der Waals surface area contributed by atoms with Crippen LogP contribution >= 0.6 is 0 Å². The lowest BCUT2D eigenvalue weighted by Crippen LogP contribution is -2.20. The van der Waals surface area contributed by atoms with Crippen molar-refractivity contribution in [1.82, 2.24) is 0 Å². The zero-order chi connectivity index (χ0) is 14.5. The summed E-state index contributed by atoms with van der Waals surface area (Å²) < 4.78 is 26.0. The van der Waals surface area contributed by atoms with E-state index in [0.717, 1.165) is 12.1 Å². The molecule has 2 rings (SSSR count). The summed E-state index contributed by atoms with van der Waals surface area (Å²) in [5, 5.41) is 13.4. The maximum absolute atomic E-state index is 13.3. The molecule has 0 spiro atoms. The molecular formula is C14H9F2N3O. The van der Waals surface area contributed by atoms with E-state index in [1.807, 2.05) is 6.07 Å². The van der Waals surface area contributed by atoms with Crippen molar-refractivity contribution in [1.29, 1.82) is 5.26 Å². The maximum Gasteiger partial charge on any atom is 0.323 e. The second kappa shape index (κ2) is 5.80. The van der Waals surface area contributed by atoms with E-state index in [4.69, 9.17) is 5.26 Å². The van der Waals surface area contributed by atoms with Gasteiger partial charge >= 0.3 is 6.03 Å². The molecule has 0 aliphatic heterocycles. The van der Waals surface area contributed by atoms with Crippen LogP contribution in [0.15, 0.2) is 42.5 Å². The quantitative estimate of drug-likeness (QED) is 0.879. The number of hydrogen-bond donors (Lipinski definition) is 2. The van der Waals surface area contributed by atoms with E-state index < -0.39 is 17.7 Å². The third-order valence-corrected chi connectivity index (χ3v) is 2.45. The average molecular weight is 273 g/mol. The number of hydrogen-bond acceptors (Lipinski definition) is 2. The van der Waals surface area contributed by atoms with Crippen LogP contribution in [0.4, 0.5) is 25.0 Å². The van der Waals surface area contributed by atoms with Crippen molar-refractivity contribution < 1.29 is 13.6 Å². The Labute approximate surface area is 113 Å². The summed E-state index contributed by atoms with van der Waals surface area (Å²) >= 11 is 0. The SMILES string of the molecule is N#Cc1ccc(NC(=O)Nc2ccc(F)cc2F)cc1. The van der Waals surface area contributed by atoms with Crippen LogP contribution in [-0.4, -0.2) is 6.03 Å². The number of rotatable bonds is 2. The van der Waals surface area contributed by atoms with Gasteiger partial charge in [0.05, 0.1) is 17.3 Å². The fraction of sp³-hybridized carbons (Fsp3) is 0. The van der Waals surface area contributed by atoms with Crippen LogP contribution < -0.4 is 10.6 Å². The second-order valence-electron chi connectivity index (χ2n) is 3.89. The van der Waals surface area contributed by atoms with Crippen LogP contribution in [0.5, 0.6) is 0 Å². The van der Waals surface area contributed by atoms with Crippen LogP contribution in [0.2, 0.25) is 0 Å². The predicted octanol–water partition coefficient (Wildman–Crippen LogP) is 3.48. The van der Waals surface area contributed by atoms with E-state index in [9.17, 15) is 13.6 Å². The van der Waals surface area contributed by atoms with Gasteiger partial charge in [-0.15, -0.1) is 0 Å². The molecule has 20 heavy (non-hydrogen) atoms. The second-order valence-corrected chi connectivity index (χ2v) is 3.89. The number of anilines is 2. The molecule has 0 atom stereocenters. The first kappa shape index (κ1) is 13.5. The molecule has 100 valence electrons. The highest BCUT2D eigenvalue weighted by atomic mass is 19.1. The fourth-order valence-electron chi connectivity index (χ4n) is 1.50. The van der Waals surface area contributed by atoms with Crippen molar-refractivity contribution in [3.05, 3.63) is 59.7 Å². The summed E-state index contributed by atoms with van der Waals surface area (Å²) in [7, 11) is 0. The molecule has 2 aromatic rings. The molecule has 0 bridgehead atoms. The van der Waals surface area contributed by atoms with Gasteiger partial charge in [0, 0.05) is 11.8 Å². The highest BCUT2D eigenvalue weighted by Gasteiger charge is 2.08. The Balaban J connectivity index is 2.03. The number of halogens is 2. The van der Waals surface area contributed by atoms with Gasteiger partial charge in [0.1, 0.15) is 11.6 Å². The van der Waals surface area contributed by atoms with E-state index in [1.54, 1.807) is 12.1 Å². The number of benzene rings is 2. The van der Waals surface area contributed by atoms with Crippen LogP contribution in [0.1, 0.15) is 5.56 Å². The van der Waals surface area contributed by atoms with Crippen molar-refractivity contribution in [3.8, 4) is 6.07 Å². The molecule has 0 saturated heterocycles. The molecule has 0 aromatic heterocycles. The van der Waals surface area contributed by atoms with Gasteiger partial charge in [-0.05, 0) is 36.4 Å². The van der Waals surface area contributed by atoms with Gasteiger partial charge < -0.3 is 10.6 Å². The van der Waals surface area contributed by atoms with Crippen LogP contribution in [-0.2, 0) is 0 Å². The summed E-state index contributed by atoms with van der Waals surface area (Å²) in [6.07, 6.45) is 0. The van der Waals surface area contributed by atoms with Crippen molar-refractivity contribution >= 4 is 17.4 Å². The minimum atomic E-state index is -0.861. The number of carbonyl (C=O) groups is 1. The number of nitriles is 1. The van der Waals surface area contributed by atoms with Gasteiger partial charge in [-0.1, -0.05) is 0 Å². The van der Waals surface area contributed by atoms with E-state index in [2.05, 4.69) is 10.6 Å². The van der Waals surface area contributed by atoms with Crippen molar-refractivity contribution in [2.75, 3.05) is 10.6 Å². The summed E-state index contributed by atoms with van der Waals surface area (Å²) in [5.41, 5.74) is 0.780. The van der Waals surface area contributed by atoms with Crippen LogP contribution in [0.3, 0.4) is 0 Å².